The summed E-state index contributed by atoms with van der Waals surface area (Å²) in [5.41, 5.74) is 2.15. The van der Waals surface area contributed by atoms with Gasteiger partial charge in [0.15, 0.2) is 0 Å². The van der Waals surface area contributed by atoms with Crippen molar-refractivity contribution in [3.8, 4) is 11.5 Å². The molecule has 2 aromatic rings. The summed E-state index contributed by atoms with van der Waals surface area (Å²) in [6.07, 6.45) is 7.48. The first kappa shape index (κ1) is 16.8. The number of allylic oxidation sites excluding steroid dienone is 1. The molecule has 3 atom stereocenters. The molecule has 0 saturated heterocycles. The molecule has 2 aromatic heterocycles. The van der Waals surface area contributed by atoms with E-state index in [9.17, 15) is 5.11 Å². The van der Waals surface area contributed by atoms with Crippen molar-refractivity contribution in [3.05, 3.63) is 42.1 Å². The van der Waals surface area contributed by atoms with Crippen LogP contribution < -0.4 is 0 Å². The quantitative estimate of drug-likeness (QED) is 0.851. The molecular formula is C19H25N3O2. The van der Waals surface area contributed by atoms with Crippen LogP contribution in [0.2, 0.25) is 0 Å². The minimum atomic E-state index is 0.221. The number of rotatable bonds is 5. The lowest BCUT2D eigenvalue weighted by Crippen LogP contribution is -2.30. The number of nitrogens with zero attached hydrogens (tertiary/aromatic N) is 3. The van der Waals surface area contributed by atoms with Gasteiger partial charge >= 0.3 is 0 Å². The molecule has 5 nitrogen and oxygen atoms in total. The summed E-state index contributed by atoms with van der Waals surface area (Å²) in [4.78, 5) is 4.08. The molecule has 0 amide bonds. The van der Waals surface area contributed by atoms with Crippen LogP contribution in [0.4, 0.5) is 0 Å². The van der Waals surface area contributed by atoms with Crippen molar-refractivity contribution in [3.63, 3.8) is 0 Å². The molecule has 0 aromatic carbocycles. The van der Waals surface area contributed by atoms with Crippen LogP contribution in [-0.4, -0.2) is 26.9 Å². The van der Waals surface area contributed by atoms with E-state index in [-0.39, 0.29) is 12.5 Å². The highest BCUT2D eigenvalue weighted by Gasteiger charge is 2.32. The van der Waals surface area contributed by atoms with Crippen LogP contribution in [0.15, 0.2) is 40.6 Å². The van der Waals surface area contributed by atoms with Gasteiger partial charge in [0.1, 0.15) is 0 Å². The minimum Gasteiger partial charge on any atom is -0.421 e. The predicted molar refractivity (Wildman–Crippen MR) is 92.0 cm³/mol. The maximum Gasteiger partial charge on any atom is 0.249 e. The first-order chi connectivity index (χ1) is 11.6. The molecular weight excluding hydrogens is 302 g/mol. The highest BCUT2D eigenvalue weighted by atomic mass is 16.4. The van der Waals surface area contributed by atoms with E-state index >= 15 is 0 Å². The molecule has 0 spiro atoms. The Kier molecular flexibility index (Phi) is 5.09. The number of pyridine rings is 1. The summed E-state index contributed by atoms with van der Waals surface area (Å²) < 4.78 is 5.83. The molecule has 0 fully saturated rings. The Bertz CT molecular complexity index is 694. The molecule has 5 heteroatoms. The van der Waals surface area contributed by atoms with Gasteiger partial charge in [0, 0.05) is 31.3 Å². The van der Waals surface area contributed by atoms with Gasteiger partial charge in [-0.2, -0.15) is 0 Å². The normalized spacial score (nSPS) is 24.2. The highest BCUT2D eigenvalue weighted by molar-refractivity contribution is 5.49. The second kappa shape index (κ2) is 7.26. The van der Waals surface area contributed by atoms with Crippen molar-refractivity contribution in [1.29, 1.82) is 0 Å². The van der Waals surface area contributed by atoms with Gasteiger partial charge in [-0.25, -0.2) is 0 Å². The summed E-state index contributed by atoms with van der Waals surface area (Å²) in [7, 11) is 0. The van der Waals surface area contributed by atoms with Crippen molar-refractivity contribution in [2.45, 2.75) is 33.6 Å². The molecule has 2 heterocycles. The van der Waals surface area contributed by atoms with Crippen molar-refractivity contribution in [2.75, 3.05) is 6.61 Å². The molecule has 0 aliphatic heterocycles. The molecule has 24 heavy (non-hydrogen) atoms. The second-order valence-corrected chi connectivity index (χ2v) is 7.04. The lowest BCUT2D eigenvalue weighted by molar-refractivity contribution is 0.147. The Balaban J connectivity index is 1.75. The average Bonchev–Trinajstić information content (AvgIpc) is 3.05. The fourth-order valence-electron chi connectivity index (χ4n) is 3.64. The third-order valence-electron chi connectivity index (χ3n) is 5.09. The smallest absolute Gasteiger partial charge is 0.249 e. The fourth-order valence-corrected chi connectivity index (χ4v) is 3.64. The lowest BCUT2D eigenvalue weighted by Gasteiger charge is -2.36. The molecule has 0 unspecified atom stereocenters. The van der Waals surface area contributed by atoms with Gasteiger partial charge in [0.2, 0.25) is 11.8 Å². The lowest BCUT2D eigenvalue weighted by atomic mass is 9.70. The Morgan fingerprint density at radius 3 is 2.83 bits per heavy atom. The molecule has 3 rings (SSSR count). The predicted octanol–water partition coefficient (Wildman–Crippen LogP) is 3.52. The number of aromatic nitrogens is 3. The third-order valence-corrected chi connectivity index (χ3v) is 5.09. The highest BCUT2D eigenvalue weighted by Crippen LogP contribution is 2.38. The SMILES string of the molecule is CC1=C[C@@H](CO)[C@H](C(C)C)C[C@H]1Cc1nnc(-c2cccnc2)o1. The Hall–Kier alpha value is -2.01. The molecule has 1 aliphatic rings. The standard InChI is InChI=1S/C19H25N3O2/c1-12(2)17-8-15(13(3)7-16(17)11-23)9-18-21-22-19(24-18)14-5-4-6-20-10-14/h4-7,10,12,15-17,23H,8-9,11H2,1-3H3/t15-,16-,17-/m0/s1. The van der Waals surface area contributed by atoms with E-state index in [1.165, 1.54) is 5.57 Å². The summed E-state index contributed by atoms with van der Waals surface area (Å²) in [6, 6.07) is 3.77. The zero-order valence-electron chi connectivity index (χ0n) is 14.5. The van der Waals surface area contributed by atoms with Gasteiger partial charge in [0.25, 0.3) is 0 Å². The first-order valence-electron chi connectivity index (χ1n) is 8.60. The van der Waals surface area contributed by atoms with Crippen molar-refractivity contribution in [1.82, 2.24) is 15.2 Å². The van der Waals surface area contributed by atoms with Gasteiger partial charge in [-0.15, -0.1) is 10.2 Å². The van der Waals surface area contributed by atoms with E-state index in [4.69, 9.17) is 4.42 Å². The molecule has 128 valence electrons. The van der Waals surface area contributed by atoms with Gasteiger partial charge < -0.3 is 9.52 Å². The molecule has 0 radical (unpaired) electrons. The largest absolute Gasteiger partial charge is 0.421 e. The van der Waals surface area contributed by atoms with E-state index in [0.717, 1.165) is 18.4 Å². The molecule has 1 aliphatic carbocycles. The fraction of sp³-hybridized carbons (Fsp3) is 0.526. The van der Waals surface area contributed by atoms with Crippen LogP contribution in [0, 0.1) is 23.7 Å². The van der Waals surface area contributed by atoms with Crippen LogP contribution in [-0.2, 0) is 6.42 Å². The van der Waals surface area contributed by atoms with Crippen molar-refractivity contribution in [2.24, 2.45) is 23.7 Å². The van der Waals surface area contributed by atoms with Crippen LogP contribution in [0.5, 0.6) is 0 Å². The number of aliphatic hydroxyl groups is 1. The van der Waals surface area contributed by atoms with Crippen LogP contribution in [0.3, 0.4) is 0 Å². The monoisotopic (exact) mass is 327 g/mol. The van der Waals surface area contributed by atoms with E-state index in [1.807, 2.05) is 12.1 Å². The van der Waals surface area contributed by atoms with Crippen molar-refractivity contribution < 1.29 is 9.52 Å². The van der Waals surface area contributed by atoms with Crippen LogP contribution in [0.25, 0.3) is 11.5 Å². The Morgan fingerprint density at radius 1 is 1.33 bits per heavy atom. The minimum absolute atomic E-state index is 0.221. The summed E-state index contributed by atoms with van der Waals surface area (Å²) >= 11 is 0. The third kappa shape index (κ3) is 3.56. The van der Waals surface area contributed by atoms with Gasteiger partial charge in [0.05, 0.1) is 5.56 Å². The van der Waals surface area contributed by atoms with Crippen LogP contribution >= 0.6 is 0 Å². The second-order valence-electron chi connectivity index (χ2n) is 7.04. The van der Waals surface area contributed by atoms with Crippen LogP contribution in [0.1, 0.15) is 33.1 Å². The van der Waals surface area contributed by atoms with Gasteiger partial charge in [-0.1, -0.05) is 25.5 Å². The Labute approximate surface area is 142 Å². The summed E-state index contributed by atoms with van der Waals surface area (Å²) in [6.45, 7) is 6.82. The maximum atomic E-state index is 9.64. The van der Waals surface area contributed by atoms with E-state index < -0.39 is 0 Å². The van der Waals surface area contributed by atoms with E-state index in [0.29, 0.717) is 29.5 Å². The molecule has 0 saturated carbocycles. The number of aliphatic hydroxyl groups excluding tert-OH is 1. The van der Waals surface area contributed by atoms with Gasteiger partial charge in [-0.3, -0.25) is 4.98 Å². The van der Waals surface area contributed by atoms with E-state index in [2.05, 4.69) is 42.0 Å². The first-order valence-corrected chi connectivity index (χ1v) is 8.60. The zero-order chi connectivity index (χ0) is 17.1. The van der Waals surface area contributed by atoms with E-state index in [1.54, 1.807) is 12.4 Å². The Morgan fingerprint density at radius 2 is 2.17 bits per heavy atom. The number of hydrogen-bond acceptors (Lipinski definition) is 5. The van der Waals surface area contributed by atoms with Crippen molar-refractivity contribution >= 4 is 0 Å². The average molecular weight is 327 g/mol. The maximum absolute atomic E-state index is 9.64. The van der Waals surface area contributed by atoms with Gasteiger partial charge in [-0.05, 0) is 43.2 Å². The topological polar surface area (TPSA) is 72.0 Å². The molecule has 1 N–H and O–H groups in total. The summed E-state index contributed by atoms with van der Waals surface area (Å²) in [5.74, 6) is 2.87. The molecule has 0 bridgehead atoms. The number of hydrogen-bond donors (Lipinski definition) is 1. The zero-order valence-corrected chi connectivity index (χ0v) is 14.5. The summed E-state index contributed by atoms with van der Waals surface area (Å²) in [5, 5.41) is 18.0.